The second kappa shape index (κ2) is 5.89. The molecule has 2 unspecified atom stereocenters. The minimum absolute atomic E-state index is 0.150. The van der Waals surface area contributed by atoms with Crippen molar-refractivity contribution >= 4 is 0 Å². The summed E-state index contributed by atoms with van der Waals surface area (Å²) in [6.45, 7) is 4.80. The Morgan fingerprint density at radius 3 is 2.27 bits per heavy atom. The van der Waals surface area contributed by atoms with E-state index in [9.17, 15) is 5.11 Å². The van der Waals surface area contributed by atoms with Gasteiger partial charge in [0.15, 0.2) is 0 Å². The van der Waals surface area contributed by atoms with E-state index in [-0.39, 0.29) is 5.92 Å². The standard InChI is InChI=1S/C13H20O2/c1-10(2)12(9-15-3)13(14)11-7-5-4-6-8-11/h4-8,10,12-14H,9H2,1-3H3. The zero-order chi connectivity index (χ0) is 11.3. The van der Waals surface area contributed by atoms with Crippen molar-refractivity contribution in [3.63, 3.8) is 0 Å². The molecule has 0 aliphatic heterocycles. The number of rotatable bonds is 5. The molecule has 1 rings (SSSR count). The minimum Gasteiger partial charge on any atom is -0.388 e. The minimum atomic E-state index is -0.439. The van der Waals surface area contributed by atoms with Gasteiger partial charge in [0.1, 0.15) is 0 Å². The third-order valence-electron chi connectivity index (χ3n) is 2.76. The van der Waals surface area contributed by atoms with Crippen LogP contribution in [0.1, 0.15) is 25.5 Å². The van der Waals surface area contributed by atoms with Gasteiger partial charge in [0.25, 0.3) is 0 Å². The number of hydrogen-bond donors (Lipinski definition) is 1. The molecule has 0 aliphatic rings. The van der Waals surface area contributed by atoms with Crippen LogP contribution in [0, 0.1) is 11.8 Å². The molecule has 15 heavy (non-hydrogen) atoms. The highest BCUT2D eigenvalue weighted by molar-refractivity contribution is 5.18. The van der Waals surface area contributed by atoms with E-state index in [1.54, 1.807) is 7.11 Å². The smallest absolute Gasteiger partial charge is 0.0842 e. The van der Waals surface area contributed by atoms with Gasteiger partial charge >= 0.3 is 0 Å². The van der Waals surface area contributed by atoms with Crippen LogP contribution in [0.25, 0.3) is 0 Å². The summed E-state index contributed by atoms with van der Waals surface area (Å²) < 4.78 is 5.15. The first-order valence-corrected chi connectivity index (χ1v) is 5.38. The van der Waals surface area contributed by atoms with Gasteiger partial charge in [-0.3, -0.25) is 0 Å². The van der Waals surface area contributed by atoms with E-state index in [4.69, 9.17) is 4.74 Å². The zero-order valence-corrected chi connectivity index (χ0v) is 9.68. The molecule has 1 aromatic carbocycles. The lowest BCUT2D eigenvalue weighted by atomic mass is 9.87. The predicted octanol–water partition coefficient (Wildman–Crippen LogP) is 2.64. The van der Waals surface area contributed by atoms with Crippen molar-refractivity contribution in [1.82, 2.24) is 0 Å². The number of aliphatic hydroxyl groups excluding tert-OH is 1. The van der Waals surface area contributed by atoms with Gasteiger partial charge in [-0.15, -0.1) is 0 Å². The van der Waals surface area contributed by atoms with E-state index in [1.807, 2.05) is 30.3 Å². The normalized spacial score (nSPS) is 15.3. The average Bonchev–Trinajstić information content (AvgIpc) is 2.26. The Morgan fingerprint density at radius 2 is 1.80 bits per heavy atom. The van der Waals surface area contributed by atoms with E-state index >= 15 is 0 Å². The number of benzene rings is 1. The van der Waals surface area contributed by atoms with Gasteiger partial charge in [0, 0.05) is 13.0 Å². The fourth-order valence-electron chi connectivity index (χ4n) is 1.74. The summed E-state index contributed by atoms with van der Waals surface area (Å²) in [6.07, 6.45) is -0.439. The summed E-state index contributed by atoms with van der Waals surface area (Å²) in [5, 5.41) is 10.2. The molecule has 0 heterocycles. The first-order chi connectivity index (χ1) is 7.16. The Kier molecular flexibility index (Phi) is 4.79. The van der Waals surface area contributed by atoms with E-state index in [1.165, 1.54) is 0 Å². The summed E-state index contributed by atoms with van der Waals surface area (Å²) in [5.41, 5.74) is 0.966. The molecule has 0 fully saturated rings. The van der Waals surface area contributed by atoms with E-state index < -0.39 is 6.10 Å². The SMILES string of the molecule is COCC(C(C)C)C(O)c1ccccc1. The molecule has 84 valence electrons. The van der Waals surface area contributed by atoms with Gasteiger partial charge in [-0.2, -0.15) is 0 Å². The van der Waals surface area contributed by atoms with E-state index in [2.05, 4.69) is 13.8 Å². The fraction of sp³-hybridized carbons (Fsp3) is 0.538. The van der Waals surface area contributed by atoms with Gasteiger partial charge in [-0.25, -0.2) is 0 Å². The molecule has 0 spiro atoms. The molecule has 2 nitrogen and oxygen atoms in total. The highest BCUT2D eigenvalue weighted by Gasteiger charge is 2.23. The summed E-state index contributed by atoms with van der Waals surface area (Å²) in [4.78, 5) is 0. The first kappa shape index (κ1) is 12.2. The third kappa shape index (κ3) is 3.33. The van der Waals surface area contributed by atoms with Crippen molar-refractivity contribution in [3.8, 4) is 0 Å². The maximum absolute atomic E-state index is 10.2. The maximum atomic E-state index is 10.2. The third-order valence-corrected chi connectivity index (χ3v) is 2.76. The molecule has 0 aromatic heterocycles. The van der Waals surface area contributed by atoms with Crippen LogP contribution in [0.3, 0.4) is 0 Å². The lowest BCUT2D eigenvalue weighted by Crippen LogP contribution is -2.23. The molecule has 2 heteroatoms. The largest absolute Gasteiger partial charge is 0.388 e. The monoisotopic (exact) mass is 208 g/mol. The van der Waals surface area contributed by atoms with Crippen LogP contribution in [-0.2, 0) is 4.74 Å². The highest BCUT2D eigenvalue weighted by Crippen LogP contribution is 2.27. The Hall–Kier alpha value is -0.860. The van der Waals surface area contributed by atoms with Gasteiger partial charge in [-0.1, -0.05) is 44.2 Å². The molecule has 0 radical (unpaired) electrons. The Balaban J connectivity index is 2.76. The van der Waals surface area contributed by atoms with Crippen molar-refractivity contribution in [1.29, 1.82) is 0 Å². The van der Waals surface area contributed by atoms with Crippen LogP contribution in [0.5, 0.6) is 0 Å². The van der Waals surface area contributed by atoms with Gasteiger partial charge in [0.05, 0.1) is 12.7 Å². The molecule has 1 aromatic rings. The fourth-order valence-corrected chi connectivity index (χ4v) is 1.74. The van der Waals surface area contributed by atoms with Crippen LogP contribution in [0.2, 0.25) is 0 Å². The zero-order valence-electron chi connectivity index (χ0n) is 9.68. The van der Waals surface area contributed by atoms with Crippen molar-refractivity contribution < 1.29 is 9.84 Å². The Morgan fingerprint density at radius 1 is 1.20 bits per heavy atom. The molecule has 2 atom stereocenters. The van der Waals surface area contributed by atoms with Crippen molar-refractivity contribution in [2.24, 2.45) is 11.8 Å². The molecule has 0 saturated carbocycles. The van der Waals surface area contributed by atoms with Crippen LogP contribution in [0.15, 0.2) is 30.3 Å². The van der Waals surface area contributed by atoms with Crippen molar-refractivity contribution in [2.45, 2.75) is 20.0 Å². The van der Waals surface area contributed by atoms with Crippen LogP contribution in [0.4, 0.5) is 0 Å². The lowest BCUT2D eigenvalue weighted by Gasteiger charge is -2.25. The van der Waals surface area contributed by atoms with Crippen LogP contribution >= 0.6 is 0 Å². The highest BCUT2D eigenvalue weighted by atomic mass is 16.5. The van der Waals surface area contributed by atoms with Gasteiger partial charge < -0.3 is 9.84 Å². The Labute approximate surface area is 91.9 Å². The molecule has 0 amide bonds. The number of ether oxygens (including phenoxy) is 1. The van der Waals surface area contributed by atoms with Crippen molar-refractivity contribution in [3.05, 3.63) is 35.9 Å². The second-order valence-electron chi connectivity index (χ2n) is 4.22. The predicted molar refractivity (Wildman–Crippen MR) is 61.6 cm³/mol. The molecule has 0 aliphatic carbocycles. The number of hydrogen-bond acceptors (Lipinski definition) is 2. The maximum Gasteiger partial charge on any atom is 0.0842 e. The van der Waals surface area contributed by atoms with Crippen LogP contribution < -0.4 is 0 Å². The molecular weight excluding hydrogens is 188 g/mol. The topological polar surface area (TPSA) is 29.5 Å². The summed E-state index contributed by atoms with van der Waals surface area (Å²) in [5.74, 6) is 0.553. The van der Waals surface area contributed by atoms with Crippen molar-refractivity contribution in [2.75, 3.05) is 13.7 Å². The molecule has 0 saturated heterocycles. The van der Waals surface area contributed by atoms with Gasteiger partial charge in [0.2, 0.25) is 0 Å². The summed E-state index contributed by atoms with van der Waals surface area (Å²) >= 11 is 0. The van der Waals surface area contributed by atoms with Gasteiger partial charge in [-0.05, 0) is 11.5 Å². The Bertz CT molecular complexity index is 269. The number of aliphatic hydroxyl groups is 1. The summed E-state index contributed by atoms with van der Waals surface area (Å²) in [6, 6.07) is 9.76. The molecule has 0 bridgehead atoms. The van der Waals surface area contributed by atoms with Crippen LogP contribution in [-0.4, -0.2) is 18.8 Å². The summed E-state index contributed by atoms with van der Waals surface area (Å²) in [7, 11) is 1.67. The quantitative estimate of drug-likeness (QED) is 0.806. The lowest BCUT2D eigenvalue weighted by molar-refractivity contribution is 0.0234. The number of methoxy groups -OCH3 is 1. The molecular formula is C13H20O2. The van der Waals surface area contributed by atoms with E-state index in [0.29, 0.717) is 12.5 Å². The van der Waals surface area contributed by atoms with E-state index in [0.717, 1.165) is 5.56 Å². The second-order valence-corrected chi connectivity index (χ2v) is 4.22. The average molecular weight is 208 g/mol. The first-order valence-electron chi connectivity index (χ1n) is 5.38. The molecule has 1 N–H and O–H groups in total.